The number of pyridine rings is 2. The molecule has 0 fully saturated rings. The molecule has 0 spiro atoms. The minimum Gasteiger partial charge on any atom is -0.435 e. The van der Waals surface area contributed by atoms with Crippen molar-refractivity contribution in [2.75, 3.05) is 0 Å². The molecular weight excluding hydrogens is 245 g/mol. The van der Waals surface area contributed by atoms with Gasteiger partial charge in [-0.1, -0.05) is 13.8 Å². The Morgan fingerprint density at radius 1 is 1.32 bits per heavy atom. The SMILES string of the molecule is CC(C)NCc1ccnc(Oc2cccnc2)c1F. The van der Waals surface area contributed by atoms with Crippen LogP contribution in [0.1, 0.15) is 19.4 Å². The van der Waals surface area contributed by atoms with Crippen LogP contribution < -0.4 is 10.1 Å². The number of halogens is 1. The van der Waals surface area contributed by atoms with Gasteiger partial charge in [0.25, 0.3) is 5.88 Å². The maximum atomic E-state index is 14.2. The first-order valence-corrected chi connectivity index (χ1v) is 6.11. The molecule has 0 bridgehead atoms. The molecule has 2 heterocycles. The van der Waals surface area contributed by atoms with Gasteiger partial charge in [-0.15, -0.1) is 0 Å². The summed E-state index contributed by atoms with van der Waals surface area (Å²) in [5.74, 6) is -0.0153. The third kappa shape index (κ3) is 3.72. The summed E-state index contributed by atoms with van der Waals surface area (Å²) in [5, 5.41) is 3.16. The highest BCUT2D eigenvalue weighted by Gasteiger charge is 2.11. The predicted octanol–water partition coefficient (Wildman–Crippen LogP) is 2.91. The zero-order valence-electron chi connectivity index (χ0n) is 10.9. The van der Waals surface area contributed by atoms with Crippen LogP contribution in [0.4, 0.5) is 4.39 Å². The van der Waals surface area contributed by atoms with Crippen molar-refractivity contribution in [2.24, 2.45) is 0 Å². The first kappa shape index (κ1) is 13.4. The summed E-state index contributed by atoms with van der Waals surface area (Å²) in [6, 6.07) is 5.35. The Morgan fingerprint density at radius 2 is 2.16 bits per heavy atom. The molecule has 0 amide bonds. The Labute approximate surface area is 111 Å². The van der Waals surface area contributed by atoms with Crippen LogP contribution in [-0.2, 0) is 6.54 Å². The fourth-order valence-corrected chi connectivity index (χ4v) is 1.50. The number of hydrogen-bond donors (Lipinski definition) is 1. The molecule has 0 saturated carbocycles. The maximum absolute atomic E-state index is 14.2. The van der Waals surface area contributed by atoms with Gasteiger partial charge in [0.2, 0.25) is 0 Å². The minimum atomic E-state index is -0.445. The van der Waals surface area contributed by atoms with Crippen LogP contribution in [0.15, 0.2) is 36.8 Å². The van der Waals surface area contributed by atoms with Gasteiger partial charge in [-0.3, -0.25) is 4.98 Å². The van der Waals surface area contributed by atoms with Crippen molar-refractivity contribution in [1.82, 2.24) is 15.3 Å². The fourth-order valence-electron chi connectivity index (χ4n) is 1.50. The molecule has 4 nitrogen and oxygen atoms in total. The third-order valence-electron chi connectivity index (χ3n) is 2.49. The van der Waals surface area contributed by atoms with Gasteiger partial charge in [0, 0.05) is 30.5 Å². The van der Waals surface area contributed by atoms with Crippen LogP contribution in [0.3, 0.4) is 0 Å². The molecule has 2 rings (SSSR count). The first-order valence-electron chi connectivity index (χ1n) is 6.11. The molecule has 0 aromatic carbocycles. The number of nitrogens with one attached hydrogen (secondary N) is 1. The van der Waals surface area contributed by atoms with E-state index in [1.54, 1.807) is 24.4 Å². The van der Waals surface area contributed by atoms with Crippen molar-refractivity contribution in [2.45, 2.75) is 26.4 Å². The van der Waals surface area contributed by atoms with Crippen LogP contribution in [0.2, 0.25) is 0 Å². The molecule has 0 aliphatic heterocycles. The molecule has 0 unspecified atom stereocenters. The lowest BCUT2D eigenvalue weighted by Crippen LogP contribution is -2.22. The average molecular weight is 261 g/mol. The topological polar surface area (TPSA) is 47.0 Å². The van der Waals surface area contributed by atoms with Gasteiger partial charge < -0.3 is 10.1 Å². The Kier molecular flexibility index (Phi) is 4.41. The summed E-state index contributed by atoms with van der Waals surface area (Å²) < 4.78 is 19.5. The maximum Gasteiger partial charge on any atom is 0.256 e. The molecule has 5 heteroatoms. The second kappa shape index (κ2) is 6.24. The van der Waals surface area contributed by atoms with Crippen LogP contribution in [0.5, 0.6) is 11.6 Å². The van der Waals surface area contributed by atoms with Gasteiger partial charge in [0.05, 0.1) is 6.20 Å². The standard InChI is InChI=1S/C14H16FN3O/c1-10(2)18-8-11-5-7-17-14(13(11)15)19-12-4-3-6-16-9-12/h3-7,9-10,18H,8H2,1-2H3. The highest BCUT2D eigenvalue weighted by atomic mass is 19.1. The van der Waals surface area contributed by atoms with Gasteiger partial charge in [0.1, 0.15) is 5.75 Å². The second-order valence-electron chi connectivity index (χ2n) is 4.42. The predicted molar refractivity (Wildman–Crippen MR) is 70.5 cm³/mol. The minimum absolute atomic E-state index is 0.0314. The zero-order valence-corrected chi connectivity index (χ0v) is 10.9. The van der Waals surface area contributed by atoms with E-state index in [4.69, 9.17) is 4.74 Å². The van der Waals surface area contributed by atoms with Crippen molar-refractivity contribution < 1.29 is 9.13 Å². The van der Waals surface area contributed by atoms with E-state index in [0.29, 0.717) is 17.9 Å². The van der Waals surface area contributed by atoms with Gasteiger partial charge in [-0.2, -0.15) is 0 Å². The molecule has 0 aliphatic rings. The van der Waals surface area contributed by atoms with E-state index in [1.165, 1.54) is 12.4 Å². The van der Waals surface area contributed by atoms with E-state index in [9.17, 15) is 4.39 Å². The lowest BCUT2D eigenvalue weighted by molar-refractivity contribution is 0.415. The van der Waals surface area contributed by atoms with Crippen LogP contribution in [-0.4, -0.2) is 16.0 Å². The van der Waals surface area contributed by atoms with Gasteiger partial charge in [0.15, 0.2) is 5.82 Å². The van der Waals surface area contributed by atoms with Crippen LogP contribution >= 0.6 is 0 Å². The third-order valence-corrected chi connectivity index (χ3v) is 2.49. The number of aromatic nitrogens is 2. The summed E-state index contributed by atoms with van der Waals surface area (Å²) in [5.41, 5.74) is 0.530. The molecule has 2 aromatic rings. The summed E-state index contributed by atoms with van der Waals surface area (Å²) in [4.78, 5) is 7.81. The normalized spacial score (nSPS) is 10.7. The van der Waals surface area contributed by atoms with Crippen LogP contribution in [0.25, 0.3) is 0 Å². The van der Waals surface area contributed by atoms with Crippen LogP contribution in [0, 0.1) is 5.82 Å². The van der Waals surface area contributed by atoms with E-state index >= 15 is 0 Å². The van der Waals surface area contributed by atoms with Crippen molar-refractivity contribution >= 4 is 0 Å². The van der Waals surface area contributed by atoms with Crippen molar-refractivity contribution in [3.05, 3.63) is 48.2 Å². The molecule has 0 radical (unpaired) electrons. The van der Waals surface area contributed by atoms with Crippen molar-refractivity contribution in [3.63, 3.8) is 0 Å². The van der Waals surface area contributed by atoms with E-state index < -0.39 is 5.82 Å². The largest absolute Gasteiger partial charge is 0.435 e. The summed E-state index contributed by atoms with van der Waals surface area (Å²) >= 11 is 0. The molecule has 19 heavy (non-hydrogen) atoms. The number of nitrogens with zero attached hydrogens (tertiary/aromatic N) is 2. The number of hydrogen-bond acceptors (Lipinski definition) is 4. The monoisotopic (exact) mass is 261 g/mol. The molecule has 1 N–H and O–H groups in total. The number of rotatable bonds is 5. The Bertz CT molecular complexity index is 531. The summed E-state index contributed by atoms with van der Waals surface area (Å²) in [6.45, 7) is 4.45. The van der Waals surface area contributed by atoms with E-state index in [0.717, 1.165) is 0 Å². The number of ether oxygens (including phenoxy) is 1. The highest BCUT2D eigenvalue weighted by Crippen LogP contribution is 2.23. The Hall–Kier alpha value is -2.01. The van der Waals surface area contributed by atoms with E-state index in [1.807, 2.05) is 13.8 Å². The van der Waals surface area contributed by atoms with Crippen molar-refractivity contribution in [3.8, 4) is 11.6 Å². The summed E-state index contributed by atoms with van der Waals surface area (Å²) in [7, 11) is 0. The fraction of sp³-hybridized carbons (Fsp3) is 0.286. The quantitative estimate of drug-likeness (QED) is 0.899. The molecule has 2 aromatic heterocycles. The van der Waals surface area contributed by atoms with Gasteiger partial charge in [-0.05, 0) is 18.2 Å². The molecule has 0 aliphatic carbocycles. The molecule has 0 saturated heterocycles. The first-order chi connectivity index (χ1) is 9.16. The smallest absolute Gasteiger partial charge is 0.256 e. The lowest BCUT2D eigenvalue weighted by atomic mass is 10.2. The molecule has 0 atom stereocenters. The Morgan fingerprint density at radius 3 is 2.84 bits per heavy atom. The zero-order chi connectivity index (χ0) is 13.7. The Balaban J connectivity index is 2.15. The average Bonchev–Trinajstić information content (AvgIpc) is 2.41. The van der Waals surface area contributed by atoms with Crippen molar-refractivity contribution in [1.29, 1.82) is 0 Å². The second-order valence-corrected chi connectivity index (χ2v) is 4.42. The van der Waals surface area contributed by atoms with E-state index in [-0.39, 0.29) is 11.9 Å². The molecular formula is C14H16FN3O. The lowest BCUT2D eigenvalue weighted by Gasteiger charge is -2.11. The molecule has 100 valence electrons. The van der Waals surface area contributed by atoms with E-state index in [2.05, 4.69) is 15.3 Å². The van der Waals surface area contributed by atoms with Gasteiger partial charge in [-0.25, -0.2) is 9.37 Å². The highest BCUT2D eigenvalue weighted by molar-refractivity contribution is 5.28. The van der Waals surface area contributed by atoms with Gasteiger partial charge >= 0.3 is 0 Å². The summed E-state index contributed by atoms with van der Waals surface area (Å²) in [6.07, 6.45) is 4.67.